The normalized spacial score (nSPS) is 10.7. The maximum atomic E-state index is 11.4. The van der Waals surface area contributed by atoms with Crippen LogP contribution in [0.25, 0.3) is 23.0 Å². The Morgan fingerprint density at radius 3 is 2.30 bits per heavy atom. The molecule has 0 spiro atoms. The molecule has 0 aliphatic rings. The lowest BCUT2D eigenvalue weighted by Gasteiger charge is -2.06. The molecule has 0 atom stereocenters. The topological polar surface area (TPSA) is 109 Å². The highest BCUT2D eigenvalue weighted by Gasteiger charge is 2.13. The van der Waals surface area contributed by atoms with Gasteiger partial charge in [-0.3, -0.25) is 4.79 Å². The van der Waals surface area contributed by atoms with E-state index in [9.17, 15) is 4.79 Å². The van der Waals surface area contributed by atoms with Crippen molar-refractivity contribution < 1.29 is 23.5 Å². The lowest BCUT2D eigenvalue weighted by Crippen LogP contribution is -2.03. The zero-order chi connectivity index (χ0) is 23.0. The summed E-state index contributed by atoms with van der Waals surface area (Å²) in [5.41, 5.74) is 1.85. The van der Waals surface area contributed by atoms with Crippen molar-refractivity contribution in [1.82, 2.24) is 20.1 Å². The second-order valence-electron chi connectivity index (χ2n) is 7.06. The molecule has 0 amide bonds. The van der Waals surface area contributed by atoms with E-state index < -0.39 is 0 Å². The van der Waals surface area contributed by atoms with Gasteiger partial charge >= 0.3 is 0 Å². The first-order valence-corrected chi connectivity index (χ1v) is 10.3. The van der Waals surface area contributed by atoms with E-state index in [0.29, 0.717) is 53.6 Å². The van der Waals surface area contributed by atoms with E-state index in [1.165, 1.54) is 19.3 Å². The lowest BCUT2D eigenvalue weighted by molar-refractivity contribution is 0.101. The maximum Gasteiger partial charge on any atom is 0.258 e. The predicted octanol–water partition coefficient (Wildman–Crippen LogP) is 4.60. The molecule has 0 fully saturated rings. The molecule has 4 aromatic rings. The monoisotopic (exact) mass is 446 g/mol. The molecular formula is C24H22N4O5. The van der Waals surface area contributed by atoms with E-state index in [1.54, 1.807) is 43.5 Å². The van der Waals surface area contributed by atoms with Gasteiger partial charge in [0.1, 0.15) is 17.2 Å². The second-order valence-corrected chi connectivity index (χ2v) is 7.06. The largest absolute Gasteiger partial charge is 0.476 e. The molecule has 33 heavy (non-hydrogen) atoms. The molecule has 2 aromatic heterocycles. The van der Waals surface area contributed by atoms with E-state index in [1.807, 2.05) is 12.1 Å². The quantitative estimate of drug-likeness (QED) is 0.255. The van der Waals surface area contributed by atoms with Crippen LogP contribution in [0.3, 0.4) is 0 Å². The van der Waals surface area contributed by atoms with Crippen molar-refractivity contribution in [2.24, 2.45) is 0 Å². The Balaban J connectivity index is 1.38. The second kappa shape index (κ2) is 10.5. The van der Waals surface area contributed by atoms with Crippen molar-refractivity contribution in [3.63, 3.8) is 0 Å². The molecule has 2 heterocycles. The Morgan fingerprint density at radius 1 is 0.939 bits per heavy atom. The maximum absolute atomic E-state index is 11.4. The summed E-state index contributed by atoms with van der Waals surface area (Å²) < 4.78 is 21.7. The van der Waals surface area contributed by atoms with Gasteiger partial charge in [0.2, 0.25) is 11.7 Å². The van der Waals surface area contributed by atoms with Gasteiger partial charge in [-0.15, -0.1) is 0 Å². The zero-order valence-electron chi connectivity index (χ0n) is 18.2. The van der Waals surface area contributed by atoms with Crippen LogP contribution < -0.4 is 9.47 Å². The highest BCUT2D eigenvalue weighted by Crippen LogP contribution is 2.26. The molecule has 0 N–H and O–H groups in total. The first-order chi connectivity index (χ1) is 16.1. The molecule has 0 saturated heterocycles. The number of carbonyl (C=O) groups is 1. The van der Waals surface area contributed by atoms with Gasteiger partial charge < -0.3 is 18.7 Å². The van der Waals surface area contributed by atoms with Crippen molar-refractivity contribution >= 4 is 5.78 Å². The zero-order valence-corrected chi connectivity index (χ0v) is 18.2. The standard InChI is InChI=1S/C24H22N4O5/c1-16(29)17-4-8-19(9-5-17)32-20-10-6-18(7-11-20)24-27-23(28-33-24)21-14-26-22(15-25-21)31-13-3-12-30-2/h4-11,14-15H,3,12-13H2,1-2H3. The number of Topliss-reactive ketones (excluding diaryl/α,β-unsaturated/α-hetero) is 1. The highest BCUT2D eigenvalue weighted by molar-refractivity contribution is 5.94. The Bertz CT molecular complexity index is 1190. The van der Waals surface area contributed by atoms with Crippen LogP contribution in [0, 0.1) is 0 Å². The summed E-state index contributed by atoms with van der Waals surface area (Å²) in [5, 5.41) is 3.99. The molecule has 168 valence electrons. The summed E-state index contributed by atoms with van der Waals surface area (Å²) in [6.45, 7) is 2.65. The molecule has 0 bridgehead atoms. The molecule has 0 unspecified atom stereocenters. The number of nitrogens with zero attached hydrogens (tertiary/aromatic N) is 4. The lowest BCUT2D eigenvalue weighted by atomic mass is 10.1. The van der Waals surface area contributed by atoms with Gasteiger partial charge in [0.25, 0.3) is 5.89 Å². The van der Waals surface area contributed by atoms with Crippen LogP contribution in [0.2, 0.25) is 0 Å². The van der Waals surface area contributed by atoms with E-state index in [-0.39, 0.29) is 5.78 Å². The fourth-order valence-electron chi connectivity index (χ4n) is 2.89. The molecule has 0 aliphatic carbocycles. The smallest absolute Gasteiger partial charge is 0.258 e. The van der Waals surface area contributed by atoms with Crippen LogP contribution in [-0.4, -0.2) is 46.2 Å². The number of hydrogen-bond acceptors (Lipinski definition) is 9. The van der Waals surface area contributed by atoms with Crippen molar-refractivity contribution in [1.29, 1.82) is 0 Å². The minimum Gasteiger partial charge on any atom is -0.476 e. The summed E-state index contributed by atoms with van der Waals surface area (Å²) in [6.07, 6.45) is 3.83. The fraction of sp³-hybridized carbons (Fsp3) is 0.208. The molecule has 0 radical (unpaired) electrons. The van der Waals surface area contributed by atoms with Crippen LogP contribution in [0.1, 0.15) is 23.7 Å². The molecule has 9 heteroatoms. The van der Waals surface area contributed by atoms with Crippen LogP contribution in [0.4, 0.5) is 0 Å². The minimum atomic E-state index is 0.0121. The Morgan fingerprint density at radius 2 is 1.67 bits per heavy atom. The SMILES string of the molecule is COCCCOc1cnc(-c2noc(-c3ccc(Oc4ccc(C(C)=O)cc4)cc3)n2)cn1. The summed E-state index contributed by atoms with van der Waals surface area (Å²) in [6, 6.07) is 14.2. The van der Waals surface area contributed by atoms with Crippen LogP contribution in [-0.2, 0) is 4.74 Å². The Labute approximate surface area is 190 Å². The summed E-state index contributed by atoms with van der Waals surface area (Å²) >= 11 is 0. The number of carbonyl (C=O) groups excluding carboxylic acids is 1. The number of ether oxygens (including phenoxy) is 3. The third kappa shape index (κ3) is 5.78. The molecule has 9 nitrogen and oxygen atoms in total. The third-order valence-electron chi connectivity index (χ3n) is 4.62. The van der Waals surface area contributed by atoms with Crippen molar-refractivity contribution in [2.45, 2.75) is 13.3 Å². The minimum absolute atomic E-state index is 0.0121. The van der Waals surface area contributed by atoms with E-state index in [0.717, 1.165) is 12.0 Å². The van der Waals surface area contributed by atoms with Crippen LogP contribution >= 0.6 is 0 Å². The average Bonchev–Trinajstić information content (AvgIpc) is 3.33. The summed E-state index contributed by atoms with van der Waals surface area (Å²) in [5.74, 6) is 2.39. The van der Waals surface area contributed by atoms with E-state index in [2.05, 4.69) is 20.1 Å². The Kier molecular flexibility index (Phi) is 7.01. The molecule has 0 saturated carbocycles. The predicted molar refractivity (Wildman–Crippen MR) is 119 cm³/mol. The van der Waals surface area contributed by atoms with Gasteiger partial charge in [-0.2, -0.15) is 4.98 Å². The molecule has 2 aromatic carbocycles. The van der Waals surface area contributed by atoms with Gasteiger partial charge in [0, 0.05) is 31.3 Å². The fourth-order valence-corrected chi connectivity index (χ4v) is 2.89. The van der Waals surface area contributed by atoms with Gasteiger partial charge in [-0.1, -0.05) is 5.16 Å². The third-order valence-corrected chi connectivity index (χ3v) is 4.62. The van der Waals surface area contributed by atoms with Crippen molar-refractivity contribution in [2.75, 3.05) is 20.3 Å². The summed E-state index contributed by atoms with van der Waals surface area (Å²) in [7, 11) is 1.65. The molecule has 0 aliphatic heterocycles. The number of rotatable bonds is 10. The number of benzene rings is 2. The first-order valence-electron chi connectivity index (χ1n) is 10.3. The highest BCUT2D eigenvalue weighted by atomic mass is 16.5. The van der Waals surface area contributed by atoms with E-state index in [4.69, 9.17) is 18.7 Å². The van der Waals surface area contributed by atoms with Gasteiger partial charge in [0.15, 0.2) is 5.78 Å². The van der Waals surface area contributed by atoms with Crippen molar-refractivity contribution in [3.05, 3.63) is 66.5 Å². The first kappa shape index (κ1) is 22.1. The van der Waals surface area contributed by atoms with Crippen molar-refractivity contribution in [3.8, 4) is 40.4 Å². The molecule has 4 rings (SSSR count). The van der Waals surface area contributed by atoms with Gasteiger partial charge in [-0.25, -0.2) is 9.97 Å². The Hall–Kier alpha value is -4.11. The summed E-state index contributed by atoms with van der Waals surface area (Å²) in [4.78, 5) is 24.3. The van der Waals surface area contributed by atoms with E-state index >= 15 is 0 Å². The number of hydrogen-bond donors (Lipinski definition) is 0. The van der Waals surface area contributed by atoms with Gasteiger partial charge in [-0.05, 0) is 55.5 Å². The number of aromatic nitrogens is 4. The number of ketones is 1. The molecular weight excluding hydrogens is 424 g/mol. The van der Waals surface area contributed by atoms with Crippen LogP contribution in [0.15, 0.2) is 65.4 Å². The van der Waals surface area contributed by atoms with Crippen LogP contribution in [0.5, 0.6) is 17.4 Å². The number of methoxy groups -OCH3 is 1. The average molecular weight is 446 g/mol. The van der Waals surface area contributed by atoms with Gasteiger partial charge in [0.05, 0.1) is 19.0 Å².